The van der Waals surface area contributed by atoms with Gasteiger partial charge in [0, 0.05) is 44.4 Å². The third kappa shape index (κ3) is 7.43. The molecule has 2 atom stereocenters. The summed E-state index contributed by atoms with van der Waals surface area (Å²) in [4.78, 5) is 29.8. The van der Waals surface area contributed by atoms with E-state index in [1.807, 2.05) is 22.4 Å². The number of nitrogens with zero attached hydrogens (tertiary/aromatic N) is 2. The first-order valence-corrected chi connectivity index (χ1v) is 14.4. The number of ketones is 1. The largest absolute Gasteiger partial charge is 0.419 e. The van der Waals surface area contributed by atoms with Crippen molar-refractivity contribution in [2.75, 3.05) is 20.1 Å². The lowest BCUT2D eigenvalue weighted by atomic mass is 9.93. The fourth-order valence-corrected chi connectivity index (χ4v) is 6.08. The summed E-state index contributed by atoms with van der Waals surface area (Å²) in [5.41, 5.74) is -0.0370. The normalized spacial score (nSPS) is 17.6. The number of unbranched alkanes of at least 4 members (excludes halogenated alkanes) is 1. The number of Topliss-reactive ketones (excluding diaryl/α,β-unsaturated/α-hetero) is 1. The van der Waals surface area contributed by atoms with Crippen molar-refractivity contribution in [3.8, 4) is 0 Å². The first-order valence-electron chi connectivity index (χ1n) is 12.8. The van der Waals surface area contributed by atoms with Crippen LogP contribution in [0.15, 0.2) is 53.9 Å². The van der Waals surface area contributed by atoms with Crippen molar-refractivity contribution in [2.45, 2.75) is 50.4 Å². The highest BCUT2D eigenvalue weighted by molar-refractivity contribution is 7.12. The van der Waals surface area contributed by atoms with Gasteiger partial charge in [0.25, 0.3) is 0 Å². The lowest BCUT2D eigenvalue weighted by Gasteiger charge is -2.29. The van der Waals surface area contributed by atoms with Gasteiger partial charge in [0.2, 0.25) is 5.91 Å². The maximum absolute atomic E-state index is 14.2. The maximum atomic E-state index is 14.2. The van der Waals surface area contributed by atoms with Crippen molar-refractivity contribution < 1.29 is 27.2 Å². The number of hydrogen-bond donors (Lipinski definition) is 0. The Kier molecular flexibility index (Phi) is 9.93. The minimum atomic E-state index is -4.77. The summed E-state index contributed by atoms with van der Waals surface area (Å²) in [6.45, 7) is 0.989. The molecule has 1 aliphatic heterocycles. The van der Waals surface area contributed by atoms with E-state index in [1.165, 1.54) is 17.4 Å². The van der Waals surface area contributed by atoms with Crippen molar-refractivity contribution in [1.29, 1.82) is 0 Å². The van der Waals surface area contributed by atoms with Crippen LogP contribution in [-0.4, -0.2) is 47.7 Å². The molecule has 214 valence electrons. The molecule has 0 N–H and O–H groups in total. The second kappa shape index (κ2) is 13.0. The summed E-state index contributed by atoms with van der Waals surface area (Å²) in [7, 11) is 1.80. The van der Waals surface area contributed by atoms with Gasteiger partial charge in [0.05, 0.1) is 20.5 Å². The van der Waals surface area contributed by atoms with E-state index >= 15 is 0 Å². The molecule has 0 aliphatic carbocycles. The lowest BCUT2D eigenvalue weighted by Crippen LogP contribution is -2.38. The van der Waals surface area contributed by atoms with Crippen LogP contribution in [0, 0.1) is 5.82 Å². The van der Waals surface area contributed by atoms with Gasteiger partial charge in [-0.05, 0) is 66.7 Å². The zero-order chi connectivity index (χ0) is 29.0. The summed E-state index contributed by atoms with van der Waals surface area (Å²) < 4.78 is 53.2. The van der Waals surface area contributed by atoms with E-state index in [0.29, 0.717) is 59.3 Å². The Bertz CT molecular complexity index is 1350. The van der Waals surface area contributed by atoms with E-state index in [0.717, 1.165) is 17.7 Å². The van der Waals surface area contributed by atoms with Gasteiger partial charge in [-0.1, -0.05) is 41.4 Å². The molecular weight excluding hydrogens is 587 g/mol. The molecule has 0 unspecified atom stereocenters. The van der Waals surface area contributed by atoms with Crippen molar-refractivity contribution in [1.82, 2.24) is 9.80 Å². The zero-order valence-corrected chi connectivity index (χ0v) is 24.0. The highest BCUT2D eigenvalue weighted by atomic mass is 35.5. The van der Waals surface area contributed by atoms with Crippen molar-refractivity contribution in [3.63, 3.8) is 0 Å². The van der Waals surface area contributed by atoms with E-state index in [-0.39, 0.29) is 30.2 Å². The molecule has 1 aliphatic rings. The summed E-state index contributed by atoms with van der Waals surface area (Å²) in [5.74, 6) is -1.43. The van der Waals surface area contributed by atoms with Crippen LogP contribution in [0.4, 0.5) is 17.6 Å². The zero-order valence-electron chi connectivity index (χ0n) is 21.7. The molecular formula is C29H28Cl2F4N2O2S. The SMILES string of the molecule is CN(Cc1ccc(C(F)(F)F)c(F)c1)[C@@H]1CN(C(=O)CCCCC(=O)c2cccs2)C[C@@H]1c1ccc(Cl)c(Cl)c1. The van der Waals surface area contributed by atoms with Crippen molar-refractivity contribution in [3.05, 3.63) is 91.3 Å². The molecule has 1 amide bonds. The van der Waals surface area contributed by atoms with Crippen LogP contribution in [0.2, 0.25) is 10.0 Å². The Morgan fingerprint density at radius 1 is 1.02 bits per heavy atom. The quantitative estimate of drug-likeness (QED) is 0.132. The number of likely N-dealkylation sites (N-methyl/N-ethyl adjacent to an activating group) is 1. The Hall–Kier alpha value is -2.46. The van der Waals surface area contributed by atoms with Crippen molar-refractivity contribution in [2.24, 2.45) is 0 Å². The molecule has 4 rings (SSSR count). The van der Waals surface area contributed by atoms with Crippen LogP contribution >= 0.6 is 34.5 Å². The molecule has 2 aromatic carbocycles. The van der Waals surface area contributed by atoms with Gasteiger partial charge >= 0.3 is 6.18 Å². The molecule has 4 nitrogen and oxygen atoms in total. The second-order valence-electron chi connectivity index (χ2n) is 9.98. The number of carbonyl (C=O) groups excluding carboxylic acids is 2. The van der Waals surface area contributed by atoms with Crippen molar-refractivity contribution >= 4 is 46.2 Å². The number of hydrogen-bond acceptors (Lipinski definition) is 4. The number of alkyl halides is 3. The van der Waals surface area contributed by atoms with Gasteiger partial charge < -0.3 is 4.90 Å². The first kappa shape index (κ1) is 30.5. The highest BCUT2D eigenvalue weighted by Gasteiger charge is 2.39. The first-order chi connectivity index (χ1) is 18.9. The Morgan fingerprint density at radius 2 is 1.77 bits per heavy atom. The van der Waals surface area contributed by atoms with Crippen LogP contribution < -0.4 is 0 Å². The van der Waals surface area contributed by atoms with Crippen LogP contribution in [0.25, 0.3) is 0 Å². The van der Waals surface area contributed by atoms with Gasteiger partial charge in [0.15, 0.2) is 5.78 Å². The molecule has 1 fully saturated rings. The number of halogens is 6. The van der Waals surface area contributed by atoms with Gasteiger partial charge in [-0.25, -0.2) is 4.39 Å². The minimum absolute atomic E-state index is 0.0369. The smallest absolute Gasteiger partial charge is 0.340 e. The molecule has 3 aromatic rings. The Labute approximate surface area is 244 Å². The summed E-state index contributed by atoms with van der Waals surface area (Å²) in [6, 6.07) is 11.7. The number of thiophene rings is 1. The monoisotopic (exact) mass is 614 g/mol. The topological polar surface area (TPSA) is 40.6 Å². The molecule has 11 heteroatoms. The van der Waals surface area contributed by atoms with Gasteiger partial charge in [-0.3, -0.25) is 14.5 Å². The van der Waals surface area contributed by atoms with E-state index < -0.39 is 17.6 Å². The number of amides is 1. The fourth-order valence-electron chi connectivity index (χ4n) is 5.08. The number of likely N-dealkylation sites (tertiary alicyclic amines) is 1. The summed E-state index contributed by atoms with van der Waals surface area (Å²) in [5, 5.41) is 2.64. The van der Waals surface area contributed by atoms with Crippen LogP contribution in [0.5, 0.6) is 0 Å². The standard InChI is InChI=1S/C29H28Cl2F4N2O2S/c1-36(15-18-8-10-21(24(32)13-18)29(33,34)35)25-17-37(16-20(25)19-9-11-22(30)23(31)14-19)28(39)7-3-2-5-26(38)27-6-4-12-40-27/h4,6,8-14,20,25H,2-3,5,7,15-17H2,1H3/t20-,25-/m1/s1. The predicted molar refractivity (Wildman–Crippen MR) is 150 cm³/mol. The predicted octanol–water partition coefficient (Wildman–Crippen LogP) is 8.08. The summed E-state index contributed by atoms with van der Waals surface area (Å²) in [6.07, 6.45) is -2.90. The molecule has 0 radical (unpaired) electrons. The molecule has 1 aromatic heterocycles. The van der Waals surface area contributed by atoms with E-state index in [4.69, 9.17) is 23.2 Å². The second-order valence-corrected chi connectivity index (χ2v) is 11.7. The Balaban J connectivity index is 1.44. The maximum Gasteiger partial charge on any atom is 0.419 e. The van der Waals surface area contributed by atoms with Crippen LogP contribution in [-0.2, 0) is 17.5 Å². The number of carbonyl (C=O) groups is 2. The van der Waals surface area contributed by atoms with E-state index in [9.17, 15) is 27.2 Å². The van der Waals surface area contributed by atoms with Crippen LogP contribution in [0.1, 0.15) is 58.0 Å². The fraction of sp³-hybridized carbons (Fsp3) is 0.379. The summed E-state index contributed by atoms with van der Waals surface area (Å²) >= 11 is 13.8. The van der Waals surface area contributed by atoms with Gasteiger partial charge in [-0.15, -0.1) is 11.3 Å². The molecule has 40 heavy (non-hydrogen) atoms. The lowest BCUT2D eigenvalue weighted by molar-refractivity contribution is -0.140. The van der Waals surface area contributed by atoms with Gasteiger partial charge in [-0.2, -0.15) is 13.2 Å². The molecule has 2 heterocycles. The average molecular weight is 616 g/mol. The average Bonchev–Trinajstić information content (AvgIpc) is 3.58. The van der Waals surface area contributed by atoms with E-state index in [2.05, 4.69) is 0 Å². The number of benzene rings is 2. The third-order valence-electron chi connectivity index (χ3n) is 7.19. The minimum Gasteiger partial charge on any atom is -0.340 e. The molecule has 0 saturated carbocycles. The highest BCUT2D eigenvalue weighted by Crippen LogP contribution is 2.36. The number of rotatable bonds is 10. The molecule has 0 bridgehead atoms. The van der Waals surface area contributed by atoms with E-state index in [1.54, 1.807) is 30.1 Å². The van der Waals surface area contributed by atoms with Gasteiger partial charge in [0.1, 0.15) is 5.82 Å². The molecule has 1 saturated heterocycles. The van der Waals surface area contributed by atoms with Crippen LogP contribution in [0.3, 0.4) is 0 Å². The Morgan fingerprint density at radius 3 is 2.42 bits per heavy atom. The molecule has 0 spiro atoms. The third-order valence-corrected chi connectivity index (χ3v) is 8.84.